The smallest absolute Gasteiger partial charge is 0.408 e. The minimum Gasteiger partial charge on any atom is -0.506 e. The van der Waals surface area contributed by atoms with Gasteiger partial charge in [0.1, 0.15) is 28.2 Å². The number of anilines is 1. The maximum Gasteiger partial charge on any atom is 0.408 e. The van der Waals surface area contributed by atoms with Crippen LogP contribution >= 0.6 is 11.6 Å². The van der Waals surface area contributed by atoms with E-state index >= 15 is 0 Å². The molecule has 10 heteroatoms. The van der Waals surface area contributed by atoms with Crippen molar-refractivity contribution >= 4 is 39.1 Å². The lowest BCUT2D eigenvalue weighted by atomic mass is 10.2. The van der Waals surface area contributed by atoms with Gasteiger partial charge in [-0.3, -0.25) is 4.79 Å². The topological polar surface area (TPSA) is 122 Å². The second-order valence-corrected chi connectivity index (χ2v) is 9.02. The fraction of sp³-hybridized carbons (Fsp3) is 0.263. The highest BCUT2D eigenvalue weighted by Gasteiger charge is 2.24. The van der Waals surface area contributed by atoms with Crippen LogP contribution in [0.5, 0.6) is 5.75 Å². The van der Waals surface area contributed by atoms with Crippen molar-refractivity contribution in [2.75, 3.05) is 17.3 Å². The van der Waals surface area contributed by atoms with Crippen LogP contribution in [0.25, 0.3) is 0 Å². The number of phenolic OH excluding ortho intramolecular Hbond substituents is 1. The standard InChI is InChI=1S/C19H21ClN2O6S/c1-29(26,27)10-9-15(18(24)21-16-11-14(20)7-8-17(16)23)22-19(25)28-12-13-5-3-2-4-6-13/h2-8,11,15,23H,9-10,12H2,1H3,(H,21,24)(H,22,25). The molecule has 2 aromatic carbocycles. The molecular weight excluding hydrogens is 420 g/mol. The largest absolute Gasteiger partial charge is 0.506 e. The number of hydrogen-bond acceptors (Lipinski definition) is 6. The van der Waals surface area contributed by atoms with Gasteiger partial charge in [0.2, 0.25) is 5.91 Å². The summed E-state index contributed by atoms with van der Waals surface area (Å²) in [4.78, 5) is 24.7. The third kappa shape index (κ3) is 8.00. The highest BCUT2D eigenvalue weighted by atomic mass is 35.5. The number of amides is 2. The third-order valence-corrected chi connectivity index (χ3v) is 5.03. The van der Waals surface area contributed by atoms with Crippen molar-refractivity contribution in [1.82, 2.24) is 5.32 Å². The summed E-state index contributed by atoms with van der Waals surface area (Å²) in [5.74, 6) is -1.27. The molecular formula is C19H21ClN2O6S. The molecule has 0 fully saturated rings. The number of ether oxygens (including phenoxy) is 1. The van der Waals surface area contributed by atoms with E-state index < -0.39 is 27.9 Å². The van der Waals surface area contributed by atoms with Crippen LogP contribution in [0.1, 0.15) is 12.0 Å². The number of phenols is 1. The van der Waals surface area contributed by atoms with Gasteiger partial charge >= 0.3 is 6.09 Å². The van der Waals surface area contributed by atoms with Gasteiger partial charge in [-0.2, -0.15) is 0 Å². The molecule has 1 unspecified atom stereocenters. The van der Waals surface area contributed by atoms with E-state index in [9.17, 15) is 23.1 Å². The summed E-state index contributed by atoms with van der Waals surface area (Å²) in [6, 6.07) is 11.8. The monoisotopic (exact) mass is 440 g/mol. The summed E-state index contributed by atoms with van der Waals surface area (Å²) in [5.41, 5.74) is 0.787. The number of benzene rings is 2. The van der Waals surface area contributed by atoms with Crippen molar-refractivity contribution < 1.29 is 27.9 Å². The van der Waals surface area contributed by atoms with Gasteiger partial charge in [0.15, 0.2) is 0 Å². The molecule has 8 nitrogen and oxygen atoms in total. The Labute approximate surface area is 173 Å². The zero-order valence-corrected chi connectivity index (χ0v) is 17.2. The quantitative estimate of drug-likeness (QED) is 0.542. The molecule has 2 rings (SSSR count). The van der Waals surface area contributed by atoms with Crippen molar-refractivity contribution in [2.24, 2.45) is 0 Å². The first-order chi connectivity index (χ1) is 13.6. The van der Waals surface area contributed by atoms with Gasteiger partial charge in [-0.25, -0.2) is 13.2 Å². The molecule has 0 aliphatic rings. The van der Waals surface area contributed by atoms with Crippen molar-refractivity contribution in [2.45, 2.75) is 19.1 Å². The Morgan fingerprint density at radius 1 is 1.17 bits per heavy atom. The van der Waals surface area contributed by atoms with Crippen LogP contribution in [0.15, 0.2) is 48.5 Å². The minimum atomic E-state index is -3.37. The molecule has 29 heavy (non-hydrogen) atoms. The van der Waals surface area contributed by atoms with Gasteiger partial charge in [-0.15, -0.1) is 0 Å². The Hall–Kier alpha value is -2.78. The maximum absolute atomic E-state index is 12.6. The van der Waals surface area contributed by atoms with E-state index in [1.54, 1.807) is 24.3 Å². The van der Waals surface area contributed by atoms with Gasteiger partial charge in [-0.05, 0) is 30.2 Å². The van der Waals surface area contributed by atoms with E-state index in [2.05, 4.69) is 10.6 Å². The number of carbonyl (C=O) groups excluding carboxylic acids is 2. The lowest BCUT2D eigenvalue weighted by Crippen LogP contribution is -2.45. The lowest BCUT2D eigenvalue weighted by Gasteiger charge is -2.18. The van der Waals surface area contributed by atoms with Gasteiger partial charge in [0.05, 0.1) is 11.4 Å². The first-order valence-electron chi connectivity index (χ1n) is 8.58. The van der Waals surface area contributed by atoms with Crippen molar-refractivity contribution in [3.63, 3.8) is 0 Å². The second kappa shape index (κ2) is 10.1. The Bertz CT molecular complexity index is 966. The lowest BCUT2D eigenvalue weighted by molar-refractivity contribution is -0.118. The number of carbonyl (C=O) groups is 2. The molecule has 0 heterocycles. The fourth-order valence-corrected chi connectivity index (χ4v) is 3.17. The van der Waals surface area contributed by atoms with E-state index in [-0.39, 0.29) is 35.2 Å². The highest BCUT2D eigenvalue weighted by molar-refractivity contribution is 7.90. The van der Waals surface area contributed by atoms with E-state index in [0.29, 0.717) is 0 Å². The van der Waals surface area contributed by atoms with Crippen LogP contribution in [-0.2, 0) is 26.0 Å². The molecule has 0 spiro atoms. The number of sulfone groups is 1. The number of alkyl carbamates (subject to hydrolysis) is 1. The Morgan fingerprint density at radius 3 is 2.52 bits per heavy atom. The summed E-state index contributed by atoms with van der Waals surface area (Å²) in [6.07, 6.45) is -0.0249. The van der Waals surface area contributed by atoms with Crippen LogP contribution in [0.3, 0.4) is 0 Å². The van der Waals surface area contributed by atoms with E-state index in [1.165, 1.54) is 18.2 Å². The number of halogens is 1. The van der Waals surface area contributed by atoms with Crippen molar-refractivity contribution in [1.29, 1.82) is 0 Å². The molecule has 156 valence electrons. The zero-order chi connectivity index (χ0) is 21.4. The van der Waals surface area contributed by atoms with Crippen LogP contribution in [0.4, 0.5) is 10.5 Å². The molecule has 2 amide bonds. The predicted octanol–water partition coefficient (Wildman–Crippen LogP) is 2.71. The average molecular weight is 441 g/mol. The molecule has 0 aliphatic heterocycles. The first-order valence-corrected chi connectivity index (χ1v) is 11.0. The van der Waals surface area contributed by atoms with Gasteiger partial charge < -0.3 is 20.5 Å². The normalized spacial score (nSPS) is 12.1. The van der Waals surface area contributed by atoms with Crippen LogP contribution in [-0.4, -0.2) is 43.6 Å². The number of aromatic hydroxyl groups is 1. The molecule has 0 radical (unpaired) electrons. The minimum absolute atomic E-state index is 0.0117. The molecule has 0 saturated carbocycles. The maximum atomic E-state index is 12.6. The van der Waals surface area contributed by atoms with Gasteiger partial charge in [0.25, 0.3) is 0 Å². The molecule has 0 aliphatic carbocycles. The Balaban J connectivity index is 2.05. The Morgan fingerprint density at radius 2 is 1.86 bits per heavy atom. The van der Waals surface area contributed by atoms with Gasteiger partial charge in [-0.1, -0.05) is 41.9 Å². The van der Waals surface area contributed by atoms with E-state index in [0.717, 1.165) is 11.8 Å². The zero-order valence-electron chi connectivity index (χ0n) is 15.6. The predicted molar refractivity (Wildman–Crippen MR) is 110 cm³/mol. The highest BCUT2D eigenvalue weighted by Crippen LogP contribution is 2.26. The van der Waals surface area contributed by atoms with E-state index in [1.807, 2.05) is 6.07 Å². The fourth-order valence-electron chi connectivity index (χ4n) is 2.34. The summed E-state index contributed by atoms with van der Waals surface area (Å²) < 4.78 is 28.0. The third-order valence-electron chi connectivity index (χ3n) is 3.82. The molecule has 0 saturated heterocycles. The Kier molecular flexibility index (Phi) is 7.86. The average Bonchev–Trinajstić information content (AvgIpc) is 2.66. The second-order valence-electron chi connectivity index (χ2n) is 6.33. The van der Waals surface area contributed by atoms with Crippen LogP contribution < -0.4 is 10.6 Å². The van der Waals surface area contributed by atoms with Crippen molar-refractivity contribution in [3.05, 3.63) is 59.1 Å². The molecule has 3 N–H and O–H groups in total. The van der Waals surface area contributed by atoms with Crippen molar-refractivity contribution in [3.8, 4) is 5.75 Å². The van der Waals surface area contributed by atoms with Crippen LogP contribution in [0, 0.1) is 0 Å². The summed E-state index contributed by atoms with van der Waals surface area (Å²) >= 11 is 5.85. The first kappa shape index (κ1) is 22.5. The number of hydrogen-bond donors (Lipinski definition) is 3. The molecule has 0 aromatic heterocycles. The number of rotatable bonds is 8. The molecule has 2 aromatic rings. The molecule has 1 atom stereocenters. The summed E-state index contributed by atoms with van der Waals surface area (Å²) in [6.45, 7) is -0.0117. The molecule has 0 bridgehead atoms. The SMILES string of the molecule is CS(=O)(=O)CCC(NC(=O)OCc1ccccc1)C(=O)Nc1cc(Cl)ccc1O. The van der Waals surface area contributed by atoms with E-state index in [4.69, 9.17) is 16.3 Å². The van der Waals surface area contributed by atoms with Crippen LogP contribution in [0.2, 0.25) is 5.02 Å². The summed E-state index contributed by atoms with van der Waals surface area (Å²) in [7, 11) is -3.37. The number of nitrogens with one attached hydrogen (secondary N) is 2. The summed E-state index contributed by atoms with van der Waals surface area (Å²) in [5, 5.41) is 14.9. The van der Waals surface area contributed by atoms with Gasteiger partial charge in [0, 0.05) is 11.3 Å².